The monoisotopic (exact) mass is 208 g/mol. The van der Waals surface area contributed by atoms with E-state index in [0.717, 1.165) is 25.7 Å². The van der Waals surface area contributed by atoms with Crippen LogP contribution in [0.3, 0.4) is 0 Å². The van der Waals surface area contributed by atoms with Gasteiger partial charge in [-0.3, -0.25) is 0 Å². The molecule has 0 saturated heterocycles. The van der Waals surface area contributed by atoms with Gasteiger partial charge in [0, 0.05) is 0 Å². The van der Waals surface area contributed by atoms with E-state index in [1.165, 1.54) is 17.6 Å². The Balaban J connectivity index is 1.86. The Hall–Kier alpha value is -0.600. The van der Waals surface area contributed by atoms with Crippen LogP contribution in [-0.2, 0) is 6.42 Å². The molecule has 0 bridgehead atoms. The van der Waals surface area contributed by atoms with Gasteiger partial charge in [-0.2, -0.15) is 11.3 Å². The Labute approximate surface area is 89.1 Å². The van der Waals surface area contributed by atoms with Crippen molar-refractivity contribution >= 4 is 11.3 Å². The van der Waals surface area contributed by atoms with Crippen LogP contribution in [0.2, 0.25) is 0 Å². The Morgan fingerprint density at radius 3 is 3.07 bits per heavy atom. The number of allylic oxidation sites excluding steroid dienone is 1. The minimum atomic E-state index is -0.179. The van der Waals surface area contributed by atoms with E-state index < -0.39 is 0 Å². The zero-order valence-corrected chi connectivity index (χ0v) is 9.09. The molecule has 2 heteroatoms. The van der Waals surface area contributed by atoms with Gasteiger partial charge in [0.25, 0.3) is 0 Å². The molecule has 1 heterocycles. The minimum absolute atomic E-state index is 0.179. The fourth-order valence-electron chi connectivity index (χ4n) is 1.93. The van der Waals surface area contributed by atoms with E-state index in [1.54, 1.807) is 11.3 Å². The average Bonchev–Trinajstić information content (AvgIpc) is 2.67. The summed E-state index contributed by atoms with van der Waals surface area (Å²) < 4.78 is 0. The molecule has 1 aromatic rings. The van der Waals surface area contributed by atoms with Gasteiger partial charge >= 0.3 is 0 Å². The normalized spacial score (nSPS) is 22.1. The topological polar surface area (TPSA) is 20.2 Å². The average molecular weight is 208 g/mol. The van der Waals surface area contributed by atoms with Crippen molar-refractivity contribution in [2.75, 3.05) is 0 Å². The highest BCUT2D eigenvalue weighted by molar-refractivity contribution is 7.07. The van der Waals surface area contributed by atoms with Crippen molar-refractivity contribution in [1.82, 2.24) is 0 Å². The molecular formula is C12H16OS. The predicted molar refractivity (Wildman–Crippen MR) is 60.6 cm³/mol. The molecule has 14 heavy (non-hydrogen) atoms. The zero-order chi connectivity index (χ0) is 9.80. The van der Waals surface area contributed by atoms with Crippen molar-refractivity contribution in [1.29, 1.82) is 0 Å². The Kier molecular flexibility index (Phi) is 3.38. The fourth-order valence-corrected chi connectivity index (χ4v) is 2.63. The van der Waals surface area contributed by atoms with Gasteiger partial charge in [-0.15, -0.1) is 0 Å². The number of rotatable bonds is 3. The number of aliphatic hydroxyl groups excluding tert-OH is 1. The van der Waals surface area contributed by atoms with E-state index in [9.17, 15) is 5.11 Å². The molecule has 0 amide bonds. The SMILES string of the molecule is OC1C=C(CCc2ccsc2)CCC1. The summed E-state index contributed by atoms with van der Waals surface area (Å²) in [5.74, 6) is 0. The summed E-state index contributed by atoms with van der Waals surface area (Å²) in [6.45, 7) is 0. The first-order valence-electron chi connectivity index (χ1n) is 5.23. The third kappa shape index (κ3) is 2.69. The Bertz CT molecular complexity index is 300. The van der Waals surface area contributed by atoms with Crippen molar-refractivity contribution < 1.29 is 5.11 Å². The molecule has 1 atom stereocenters. The minimum Gasteiger partial charge on any atom is -0.389 e. The second-order valence-corrected chi connectivity index (χ2v) is 4.70. The van der Waals surface area contributed by atoms with Crippen LogP contribution < -0.4 is 0 Å². The maximum Gasteiger partial charge on any atom is 0.0723 e. The van der Waals surface area contributed by atoms with E-state index >= 15 is 0 Å². The van der Waals surface area contributed by atoms with Gasteiger partial charge in [-0.25, -0.2) is 0 Å². The number of thiophene rings is 1. The van der Waals surface area contributed by atoms with Crippen LogP contribution >= 0.6 is 11.3 Å². The molecule has 2 rings (SSSR count). The molecular weight excluding hydrogens is 192 g/mol. The Morgan fingerprint density at radius 2 is 2.36 bits per heavy atom. The van der Waals surface area contributed by atoms with E-state index in [-0.39, 0.29) is 6.10 Å². The molecule has 1 aliphatic carbocycles. The van der Waals surface area contributed by atoms with E-state index in [4.69, 9.17) is 0 Å². The van der Waals surface area contributed by atoms with Crippen LogP contribution in [0.4, 0.5) is 0 Å². The lowest BCUT2D eigenvalue weighted by Gasteiger charge is -2.16. The van der Waals surface area contributed by atoms with Crippen LogP contribution in [0.15, 0.2) is 28.5 Å². The first kappa shape index (κ1) is 9.94. The van der Waals surface area contributed by atoms with Gasteiger partial charge in [0.15, 0.2) is 0 Å². The second-order valence-electron chi connectivity index (χ2n) is 3.92. The number of aryl methyl sites for hydroxylation is 1. The van der Waals surface area contributed by atoms with Crippen LogP contribution in [0.25, 0.3) is 0 Å². The van der Waals surface area contributed by atoms with Crippen molar-refractivity contribution in [3.8, 4) is 0 Å². The number of hydrogen-bond acceptors (Lipinski definition) is 2. The quantitative estimate of drug-likeness (QED) is 0.757. The molecule has 1 aromatic heterocycles. The lowest BCUT2D eigenvalue weighted by molar-refractivity contribution is 0.201. The summed E-state index contributed by atoms with van der Waals surface area (Å²) in [6, 6.07) is 2.19. The zero-order valence-electron chi connectivity index (χ0n) is 8.28. The largest absolute Gasteiger partial charge is 0.389 e. The highest BCUT2D eigenvalue weighted by Crippen LogP contribution is 2.22. The lowest BCUT2D eigenvalue weighted by atomic mass is 9.93. The lowest BCUT2D eigenvalue weighted by Crippen LogP contribution is -2.09. The summed E-state index contributed by atoms with van der Waals surface area (Å²) in [4.78, 5) is 0. The molecule has 0 spiro atoms. The van der Waals surface area contributed by atoms with Crippen LogP contribution in [0, 0.1) is 0 Å². The molecule has 1 nitrogen and oxygen atoms in total. The van der Waals surface area contributed by atoms with Crippen molar-refractivity contribution in [2.45, 2.75) is 38.2 Å². The van der Waals surface area contributed by atoms with E-state index in [0.29, 0.717) is 0 Å². The van der Waals surface area contributed by atoms with Crippen molar-refractivity contribution in [3.05, 3.63) is 34.0 Å². The van der Waals surface area contributed by atoms with Gasteiger partial charge in [0.2, 0.25) is 0 Å². The number of hydrogen-bond donors (Lipinski definition) is 1. The van der Waals surface area contributed by atoms with Gasteiger partial charge < -0.3 is 5.11 Å². The first-order chi connectivity index (χ1) is 6.84. The summed E-state index contributed by atoms with van der Waals surface area (Å²) in [7, 11) is 0. The van der Waals surface area contributed by atoms with Gasteiger partial charge in [-0.1, -0.05) is 11.6 Å². The van der Waals surface area contributed by atoms with Crippen LogP contribution in [0.1, 0.15) is 31.2 Å². The second kappa shape index (κ2) is 4.76. The molecule has 76 valence electrons. The smallest absolute Gasteiger partial charge is 0.0723 e. The standard InChI is InChI=1S/C12H16OS/c13-12-3-1-2-10(8-12)4-5-11-6-7-14-9-11/h6-9,12-13H,1-5H2. The molecule has 0 saturated carbocycles. The van der Waals surface area contributed by atoms with E-state index in [2.05, 4.69) is 22.9 Å². The molecule has 1 aliphatic rings. The molecule has 1 N–H and O–H groups in total. The highest BCUT2D eigenvalue weighted by Gasteiger charge is 2.10. The molecule has 0 fully saturated rings. The predicted octanol–water partition coefficient (Wildman–Crippen LogP) is 3.15. The maximum absolute atomic E-state index is 9.46. The van der Waals surface area contributed by atoms with Crippen LogP contribution in [-0.4, -0.2) is 11.2 Å². The Morgan fingerprint density at radius 1 is 1.43 bits per heavy atom. The van der Waals surface area contributed by atoms with Gasteiger partial charge in [-0.05, 0) is 54.5 Å². The summed E-state index contributed by atoms with van der Waals surface area (Å²) in [6.07, 6.45) is 7.40. The summed E-state index contributed by atoms with van der Waals surface area (Å²) in [5, 5.41) is 13.8. The van der Waals surface area contributed by atoms with Crippen LogP contribution in [0.5, 0.6) is 0 Å². The molecule has 1 unspecified atom stereocenters. The number of aliphatic hydroxyl groups is 1. The van der Waals surface area contributed by atoms with E-state index in [1.807, 2.05) is 0 Å². The third-order valence-corrected chi connectivity index (χ3v) is 3.47. The van der Waals surface area contributed by atoms with Crippen molar-refractivity contribution in [2.24, 2.45) is 0 Å². The van der Waals surface area contributed by atoms with Gasteiger partial charge in [0.1, 0.15) is 0 Å². The van der Waals surface area contributed by atoms with Gasteiger partial charge in [0.05, 0.1) is 6.10 Å². The summed E-state index contributed by atoms with van der Waals surface area (Å²) in [5.41, 5.74) is 2.87. The molecule has 0 radical (unpaired) electrons. The highest BCUT2D eigenvalue weighted by atomic mass is 32.1. The fraction of sp³-hybridized carbons (Fsp3) is 0.500. The first-order valence-corrected chi connectivity index (χ1v) is 6.17. The van der Waals surface area contributed by atoms with Crippen molar-refractivity contribution in [3.63, 3.8) is 0 Å². The third-order valence-electron chi connectivity index (χ3n) is 2.74. The molecule has 0 aromatic carbocycles. The molecule has 0 aliphatic heterocycles. The summed E-state index contributed by atoms with van der Waals surface area (Å²) >= 11 is 1.76. The maximum atomic E-state index is 9.46.